The Morgan fingerprint density at radius 1 is 0.741 bits per heavy atom. The maximum Gasteiger partial charge on any atom is 0.407 e. The van der Waals surface area contributed by atoms with Crippen molar-refractivity contribution in [3.8, 4) is 11.1 Å². The zero-order valence-electron chi connectivity index (χ0n) is 30.9. The molecule has 9 heteroatoms. The standard InChI is InChI=1S/C45H45ClN2O6/c1-30-22-24-32(25-23-30)45(31-14-6-5-7-15-31,39-20-12-13-21-40(39)46)54-42(50)26-33(27-52-29-41(49)48-44(2,3)4)47-43(51)53-28-38-36-18-10-8-16-34(36)35-17-9-11-19-37(35)38/h5-25,33,38H,26-29H2,1-4H3,(H,47,51)(H,48,49)/t33-,45?/m0/s1. The van der Waals surface area contributed by atoms with Crippen LogP contribution in [0.3, 0.4) is 0 Å². The lowest BCUT2D eigenvalue weighted by molar-refractivity contribution is -0.154. The molecule has 0 radical (unpaired) electrons. The van der Waals surface area contributed by atoms with Crippen LogP contribution in [0.25, 0.3) is 11.1 Å². The first kappa shape index (κ1) is 38.3. The summed E-state index contributed by atoms with van der Waals surface area (Å²) in [7, 11) is 0. The van der Waals surface area contributed by atoms with Gasteiger partial charge in [0, 0.05) is 33.2 Å². The molecule has 1 aliphatic carbocycles. The number of esters is 1. The third-order valence-corrected chi connectivity index (χ3v) is 9.63. The van der Waals surface area contributed by atoms with E-state index in [0.29, 0.717) is 21.7 Å². The molecule has 2 atom stereocenters. The zero-order valence-corrected chi connectivity index (χ0v) is 31.7. The Bertz CT molecular complexity index is 2050. The number of fused-ring (bicyclic) bond motifs is 3. The van der Waals surface area contributed by atoms with E-state index >= 15 is 0 Å². The highest BCUT2D eigenvalue weighted by Gasteiger charge is 2.42. The lowest BCUT2D eigenvalue weighted by Crippen LogP contribution is -2.45. The highest BCUT2D eigenvalue weighted by atomic mass is 35.5. The number of amides is 2. The zero-order chi connectivity index (χ0) is 38.3. The van der Waals surface area contributed by atoms with Crippen LogP contribution in [0.2, 0.25) is 5.02 Å². The van der Waals surface area contributed by atoms with Crippen LogP contribution >= 0.6 is 11.6 Å². The van der Waals surface area contributed by atoms with Crippen molar-refractivity contribution < 1.29 is 28.6 Å². The van der Waals surface area contributed by atoms with Crippen molar-refractivity contribution in [3.05, 3.63) is 166 Å². The van der Waals surface area contributed by atoms with Crippen LogP contribution < -0.4 is 10.6 Å². The van der Waals surface area contributed by atoms with Crippen LogP contribution in [0.5, 0.6) is 0 Å². The summed E-state index contributed by atoms with van der Waals surface area (Å²) < 4.78 is 18.2. The Morgan fingerprint density at radius 3 is 1.94 bits per heavy atom. The SMILES string of the molecule is Cc1ccc(C(OC(=O)C[C@@H](COCC(=O)NC(C)(C)C)NC(=O)OCC2c3ccccc3-c3ccccc32)(c2ccccc2)c2ccccc2Cl)cc1. The Balaban J connectivity index is 1.25. The largest absolute Gasteiger partial charge is 0.449 e. The number of ether oxygens (including phenoxy) is 3. The van der Waals surface area contributed by atoms with E-state index in [1.54, 1.807) is 6.07 Å². The van der Waals surface area contributed by atoms with E-state index in [1.807, 2.05) is 137 Å². The Kier molecular flexibility index (Phi) is 11.8. The number of halogens is 1. The Morgan fingerprint density at radius 2 is 1.31 bits per heavy atom. The van der Waals surface area contributed by atoms with Gasteiger partial charge in [0.05, 0.1) is 19.1 Å². The number of rotatable bonds is 13. The molecule has 0 aromatic heterocycles. The maximum atomic E-state index is 14.3. The van der Waals surface area contributed by atoms with Crippen LogP contribution in [0.4, 0.5) is 4.79 Å². The van der Waals surface area contributed by atoms with E-state index in [-0.39, 0.29) is 38.1 Å². The van der Waals surface area contributed by atoms with Crippen molar-refractivity contribution in [3.63, 3.8) is 0 Å². The second kappa shape index (κ2) is 16.7. The van der Waals surface area contributed by atoms with Gasteiger partial charge in [-0.15, -0.1) is 0 Å². The second-order valence-corrected chi connectivity index (χ2v) is 15.0. The minimum Gasteiger partial charge on any atom is -0.449 e. The predicted octanol–water partition coefficient (Wildman–Crippen LogP) is 8.71. The summed E-state index contributed by atoms with van der Waals surface area (Å²) in [6, 6.07) is 39.7. The summed E-state index contributed by atoms with van der Waals surface area (Å²) in [5, 5.41) is 6.09. The first-order valence-electron chi connectivity index (χ1n) is 18.0. The predicted molar refractivity (Wildman–Crippen MR) is 210 cm³/mol. The van der Waals surface area contributed by atoms with Gasteiger partial charge in [-0.1, -0.05) is 138 Å². The van der Waals surface area contributed by atoms with Gasteiger partial charge in [-0.05, 0) is 56.0 Å². The minimum atomic E-state index is -1.44. The molecule has 0 saturated carbocycles. The van der Waals surface area contributed by atoms with Gasteiger partial charge in [0.1, 0.15) is 13.2 Å². The van der Waals surface area contributed by atoms with E-state index in [9.17, 15) is 14.4 Å². The summed E-state index contributed by atoms with van der Waals surface area (Å²) in [6.45, 7) is 7.25. The van der Waals surface area contributed by atoms with Gasteiger partial charge >= 0.3 is 12.1 Å². The summed E-state index contributed by atoms with van der Waals surface area (Å²) in [6.07, 6.45) is -1.02. The lowest BCUT2D eigenvalue weighted by atomic mass is 9.79. The third-order valence-electron chi connectivity index (χ3n) is 9.30. The molecule has 5 aromatic carbocycles. The van der Waals surface area contributed by atoms with E-state index in [2.05, 4.69) is 22.8 Å². The molecule has 8 nitrogen and oxygen atoms in total. The molecule has 278 valence electrons. The van der Waals surface area contributed by atoms with Gasteiger partial charge in [-0.2, -0.15) is 0 Å². The molecule has 1 unspecified atom stereocenters. The molecule has 0 fully saturated rings. The smallest absolute Gasteiger partial charge is 0.407 e. The molecule has 0 bridgehead atoms. The van der Waals surface area contributed by atoms with Gasteiger partial charge in [-0.3, -0.25) is 9.59 Å². The summed E-state index contributed by atoms with van der Waals surface area (Å²) in [5.74, 6) is -1.11. The highest BCUT2D eigenvalue weighted by molar-refractivity contribution is 6.31. The number of nitrogens with one attached hydrogen (secondary N) is 2. The fraction of sp³-hybridized carbons (Fsp3) is 0.267. The second-order valence-electron chi connectivity index (χ2n) is 14.6. The fourth-order valence-corrected chi connectivity index (χ4v) is 7.25. The van der Waals surface area contributed by atoms with E-state index < -0.39 is 29.2 Å². The molecule has 1 aliphatic rings. The van der Waals surface area contributed by atoms with Gasteiger partial charge < -0.3 is 24.8 Å². The number of carbonyl (C=O) groups excluding carboxylic acids is 3. The third kappa shape index (κ3) is 8.84. The molecular formula is C45H45ClN2O6. The molecular weight excluding hydrogens is 700 g/mol. The van der Waals surface area contributed by atoms with Crippen molar-refractivity contribution in [1.29, 1.82) is 0 Å². The minimum absolute atomic E-state index is 0.0862. The van der Waals surface area contributed by atoms with Gasteiger partial charge in [0.15, 0.2) is 5.60 Å². The van der Waals surface area contributed by atoms with Crippen LogP contribution in [0.1, 0.15) is 66.5 Å². The maximum absolute atomic E-state index is 14.3. The summed E-state index contributed by atoms with van der Waals surface area (Å²) in [5.41, 5.74) is 5.46. The van der Waals surface area contributed by atoms with E-state index in [0.717, 1.165) is 27.8 Å². The molecule has 0 spiro atoms. The van der Waals surface area contributed by atoms with Crippen molar-refractivity contribution >= 4 is 29.6 Å². The Labute approximate surface area is 321 Å². The van der Waals surface area contributed by atoms with Crippen LogP contribution in [0, 0.1) is 6.92 Å². The number of carbonyl (C=O) groups is 3. The number of hydrogen-bond acceptors (Lipinski definition) is 6. The molecule has 5 aromatic rings. The van der Waals surface area contributed by atoms with Gasteiger partial charge in [-0.25, -0.2) is 4.79 Å². The lowest BCUT2D eigenvalue weighted by Gasteiger charge is -2.36. The monoisotopic (exact) mass is 744 g/mol. The van der Waals surface area contributed by atoms with E-state index in [4.69, 9.17) is 25.8 Å². The van der Waals surface area contributed by atoms with Crippen molar-refractivity contribution in [2.75, 3.05) is 19.8 Å². The first-order chi connectivity index (χ1) is 25.9. The summed E-state index contributed by atoms with van der Waals surface area (Å²) >= 11 is 6.87. The van der Waals surface area contributed by atoms with Gasteiger partial charge in [0.25, 0.3) is 0 Å². The number of hydrogen-bond donors (Lipinski definition) is 2. The fourth-order valence-electron chi connectivity index (χ4n) is 6.98. The van der Waals surface area contributed by atoms with E-state index in [1.165, 1.54) is 0 Å². The van der Waals surface area contributed by atoms with Crippen molar-refractivity contribution in [2.45, 2.75) is 57.2 Å². The molecule has 2 amide bonds. The average Bonchev–Trinajstić information content (AvgIpc) is 3.46. The number of alkyl carbamates (subject to hydrolysis) is 1. The molecule has 0 saturated heterocycles. The van der Waals surface area contributed by atoms with Gasteiger partial charge in [0.2, 0.25) is 5.91 Å². The molecule has 6 rings (SSSR count). The normalized spacial score (nSPS) is 13.9. The van der Waals surface area contributed by atoms with Crippen LogP contribution in [0.15, 0.2) is 127 Å². The average molecular weight is 745 g/mol. The quantitative estimate of drug-likeness (QED) is 0.0924. The molecule has 0 aliphatic heterocycles. The number of benzene rings is 5. The topological polar surface area (TPSA) is 103 Å². The molecule has 54 heavy (non-hydrogen) atoms. The van der Waals surface area contributed by atoms with Crippen LogP contribution in [-0.2, 0) is 29.4 Å². The van der Waals surface area contributed by atoms with Crippen molar-refractivity contribution in [2.24, 2.45) is 0 Å². The molecule has 0 heterocycles. The Hall–Kier alpha value is -5.44. The first-order valence-corrected chi connectivity index (χ1v) is 18.4. The summed E-state index contributed by atoms with van der Waals surface area (Å²) in [4.78, 5) is 40.4. The highest BCUT2D eigenvalue weighted by Crippen LogP contribution is 2.45. The van der Waals surface area contributed by atoms with Crippen LogP contribution in [-0.4, -0.2) is 49.4 Å². The number of aryl methyl sites for hydroxylation is 1. The molecule has 2 N–H and O–H groups in total. The van der Waals surface area contributed by atoms with Crippen molar-refractivity contribution in [1.82, 2.24) is 10.6 Å².